The molecule has 3 N–H and O–H groups in total. The van der Waals surface area contributed by atoms with E-state index in [9.17, 15) is 8.42 Å². The SMILES string of the molecule is CN(CCNS(=O)(=O)c1nnc(N)s1)C1CCCC1. The van der Waals surface area contributed by atoms with Gasteiger partial charge in [0.25, 0.3) is 10.0 Å². The fourth-order valence-electron chi connectivity index (χ4n) is 2.27. The van der Waals surface area contributed by atoms with Crippen molar-refractivity contribution in [3.05, 3.63) is 0 Å². The minimum atomic E-state index is -3.57. The monoisotopic (exact) mass is 305 g/mol. The highest BCUT2D eigenvalue weighted by molar-refractivity contribution is 7.91. The number of aromatic nitrogens is 2. The van der Waals surface area contributed by atoms with E-state index in [0.717, 1.165) is 11.3 Å². The highest BCUT2D eigenvalue weighted by atomic mass is 32.2. The van der Waals surface area contributed by atoms with Gasteiger partial charge in [0.1, 0.15) is 0 Å². The Hall–Kier alpha value is -0.770. The first-order valence-corrected chi connectivity index (χ1v) is 8.58. The van der Waals surface area contributed by atoms with E-state index >= 15 is 0 Å². The summed E-state index contributed by atoms with van der Waals surface area (Å²) in [6.45, 7) is 1.06. The van der Waals surface area contributed by atoms with Crippen molar-refractivity contribution in [1.29, 1.82) is 0 Å². The number of likely N-dealkylation sites (N-methyl/N-ethyl adjacent to an activating group) is 1. The predicted octanol–water partition coefficient (Wildman–Crippen LogP) is 0.273. The molecule has 2 rings (SSSR count). The lowest BCUT2D eigenvalue weighted by Gasteiger charge is -2.23. The summed E-state index contributed by atoms with van der Waals surface area (Å²) >= 11 is 0.870. The maximum atomic E-state index is 11.9. The van der Waals surface area contributed by atoms with Gasteiger partial charge in [-0.25, -0.2) is 13.1 Å². The lowest BCUT2D eigenvalue weighted by atomic mass is 10.2. The van der Waals surface area contributed by atoms with Crippen molar-refractivity contribution in [3.8, 4) is 0 Å². The smallest absolute Gasteiger partial charge is 0.269 e. The maximum absolute atomic E-state index is 11.9. The van der Waals surface area contributed by atoms with Crippen LogP contribution in [-0.2, 0) is 10.0 Å². The van der Waals surface area contributed by atoms with Crippen molar-refractivity contribution in [2.45, 2.75) is 36.1 Å². The second kappa shape index (κ2) is 6.12. The standard InChI is InChI=1S/C10H19N5O2S2/c1-15(8-4-2-3-5-8)7-6-12-19(16,17)10-14-13-9(11)18-10/h8,12H,2-7H2,1H3,(H2,11,13). The fraction of sp³-hybridized carbons (Fsp3) is 0.800. The topological polar surface area (TPSA) is 101 Å². The zero-order valence-electron chi connectivity index (χ0n) is 10.9. The third kappa shape index (κ3) is 3.85. The Balaban J connectivity index is 1.81. The third-order valence-corrected chi connectivity index (χ3v) is 5.94. The molecule has 1 saturated carbocycles. The first kappa shape index (κ1) is 14.6. The first-order valence-electron chi connectivity index (χ1n) is 6.28. The van der Waals surface area contributed by atoms with Crippen LogP contribution in [0.4, 0.5) is 5.13 Å². The Morgan fingerprint density at radius 3 is 2.68 bits per heavy atom. The number of sulfonamides is 1. The number of anilines is 1. The van der Waals surface area contributed by atoms with Gasteiger partial charge in [0, 0.05) is 19.1 Å². The third-order valence-electron chi connectivity index (χ3n) is 3.36. The number of hydrogen-bond donors (Lipinski definition) is 2. The molecule has 0 unspecified atom stereocenters. The molecule has 1 heterocycles. The first-order chi connectivity index (χ1) is 8.99. The molecule has 0 atom stereocenters. The maximum Gasteiger partial charge on any atom is 0.269 e. The predicted molar refractivity (Wildman–Crippen MR) is 74.4 cm³/mol. The Morgan fingerprint density at radius 1 is 1.42 bits per heavy atom. The van der Waals surface area contributed by atoms with Crippen LogP contribution < -0.4 is 10.5 Å². The molecule has 0 saturated heterocycles. The van der Waals surface area contributed by atoms with Crippen molar-refractivity contribution in [2.75, 3.05) is 25.9 Å². The highest BCUT2D eigenvalue weighted by Gasteiger charge is 2.21. The van der Waals surface area contributed by atoms with Crippen molar-refractivity contribution in [3.63, 3.8) is 0 Å². The number of nitrogen functional groups attached to an aromatic ring is 1. The fourth-order valence-corrected chi connectivity index (χ4v) is 4.12. The van der Waals surface area contributed by atoms with Crippen LogP contribution in [0.5, 0.6) is 0 Å². The van der Waals surface area contributed by atoms with Gasteiger partial charge in [0.05, 0.1) is 0 Å². The van der Waals surface area contributed by atoms with E-state index < -0.39 is 10.0 Å². The average molecular weight is 305 g/mol. The minimum Gasteiger partial charge on any atom is -0.374 e. The molecule has 0 amide bonds. The van der Waals surface area contributed by atoms with Crippen LogP contribution in [0, 0.1) is 0 Å². The molecule has 19 heavy (non-hydrogen) atoms. The molecule has 0 spiro atoms. The second-order valence-electron chi connectivity index (χ2n) is 4.72. The Morgan fingerprint density at radius 2 is 2.11 bits per heavy atom. The Bertz CT molecular complexity index is 510. The van der Waals surface area contributed by atoms with E-state index in [2.05, 4.69) is 19.8 Å². The van der Waals surface area contributed by atoms with E-state index in [1.165, 1.54) is 25.7 Å². The number of rotatable bonds is 6. The van der Waals surface area contributed by atoms with Crippen molar-refractivity contribution < 1.29 is 8.42 Å². The summed E-state index contributed by atoms with van der Waals surface area (Å²) < 4.78 is 26.2. The zero-order chi connectivity index (χ0) is 13.9. The Labute approximate surface area is 117 Å². The number of nitrogens with one attached hydrogen (secondary N) is 1. The molecule has 1 aliphatic rings. The summed E-state index contributed by atoms with van der Waals surface area (Å²) in [5.41, 5.74) is 5.38. The van der Waals surface area contributed by atoms with Gasteiger partial charge < -0.3 is 10.6 Å². The molecule has 9 heteroatoms. The highest BCUT2D eigenvalue weighted by Crippen LogP contribution is 2.22. The molecule has 0 bridgehead atoms. The van der Waals surface area contributed by atoms with Crippen LogP contribution >= 0.6 is 11.3 Å². The molecule has 0 radical (unpaired) electrons. The molecule has 1 fully saturated rings. The van der Waals surface area contributed by atoms with E-state index in [-0.39, 0.29) is 9.47 Å². The summed E-state index contributed by atoms with van der Waals surface area (Å²) in [7, 11) is -1.54. The summed E-state index contributed by atoms with van der Waals surface area (Å²) in [4.78, 5) is 2.21. The quantitative estimate of drug-likeness (QED) is 0.782. The zero-order valence-corrected chi connectivity index (χ0v) is 12.5. The lowest BCUT2D eigenvalue weighted by molar-refractivity contribution is 0.250. The van der Waals surface area contributed by atoms with Gasteiger partial charge in [-0.15, -0.1) is 10.2 Å². The van der Waals surface area contributed by atoms with Crippen LogP contribution in [0.15, 0.2) is 4.34 Å². The summed E-state index contributed by atoms with van der Waals surface area (Å²) in [6, 6.07) is 0.585. The van der Waals surface area contributed by atoms with E-state index in [1.54, 1.807) is 0 Å². The van der Waals surface area contributed by atoms with Gasteiger partial charge in [-0.3, -0.25) is 0 Å². The lowest BCUT2D eigenvalue weighted by Crippen LogP contribution is -2.37. The minimum absolute atomic E-state index is 0.0754. The van der Waals surface area contributed by atoms with Crippen LogP contribution in [-0.4, -0.2) is 49.7 Å². The van der Waals surface area contributed by atoms with Gasteiger partial charge >= 0.3 is 0 Å². The van der Waals surface area contributed by atoms with E-state index in [4.69, 9.17) is 5.73 Å². The molecule has 1 aromatic heterocycles. The number of nitrogens with two attached hydrogens (primary N) is 1. The van der Waals surface area contributed by atoms with Gasteiger partial charge in [0.2, 0.25) is 9.47 Å². The summed E-state index contributed by atoms with van der Waals surface area (Å²) in [6.07, 6.45) is 4.95. The largest absolute Gasteiger partial charge is 0.374 e. The summed E-state index contributed by atoms with van der Waals surface area (Å²) in [5, 5.41) is 7.20. The number of hydrogen-bond acceptors (Lipinski definition) is 7. The van der Waals surface area contributed by atoms with Crippen LogP contribution in [0.2, 0.25) is 0 Å². The van der Waals surface area contributed by atoms with Crippen LogP contribution in [0.25, 0.3) is 0 Å². The van der Waals surface area contributed by atoms with Crippen LogP contribution in [0.1, 0.15) is 25.7 Å². The Kier molecular flexibility index (Phi) is 4.71. The molecule has 1 aromatic rings. The van der Waals surface area contributed by atoms with Crippen LogP contribution in [0.3, 0.4) is 0 Å². The molecule has 7 nitrogen and oxygen atoms in total. The van der Waals surface area contributed by atoms with Gasteiger partial charge in [-0.05, 0) is 19.9 Å². The molecule has 0 aliphatic heterocycles. The molecule has 108 valence electrons. The van der Waals surface area contributed by atoms with Gasteiger partial charge in [-0.1, -0.05) is 24.2 Å². The average Bonchev–Trinajstić information content (AvgIpc) is 2.99. The number of nitrogens with zero attached hydrogens (tertiary/aromatic N) is 3. The molecular formula is C10H19N5O2S2. The second-order valence-corrected chi connectivity index (χ2v) is 7.67. The molecule has 1 aliphatic carbocycles. The van der Waals surface area contributed by atoms with Crippen molar-refractivity contribution >= 4 is 26.5 Å². The van der Waals surface area contributed by atoms with Crippen molar-refractivity contribution in [1.82, 2.24) is 19.8 Å². The molecular weight excluding hydrogens is 286 g/mol. The van der Waals surface area contributed by atoms with Crippen molar-refractivity contribution in [2.24, 2.45) is 0 Å². The summed E-state index contributed by atoms with van der Waals surface area (Å²) in [5.74, 6) is 0. The van der Waals surface area contributed by atoms with E-state index in [1.807, 2.05) is 7.05 Å². The van der Waals surface area contributed by atoms with Gasteiger partial charge in [0.15, 0.2) is 0 Å². The van der Waals surface area contributed by atoms with E-state index in [0.29, 0.717) is 19.1 Å². The molecule has 0 aromatic carbocycles. The van der Waals surface area contributed by atoms with Gasteiger partial charge in [-0.2, -0.15) is 0 Å². The normalized spacial score (nSPS) is 17.4.